The van der Waals surface area contributed by atoms with E-state index in [0.29, 0.717) is 0 Å². The van der Waals surface area contributed by atoms with Crippen LogP contribution < -0.4 is 10.6 Å². The van der Waals surface area contributed by atoms with Gasteiger partial charge in [0.15, 0.2) is 0 Å². The summed E-state index contributed by atoms with van der Waals surface area (Å²) in [6.45, 7) is 10.4. The SMILES string of the molecule is CCC(CC)CN1CCN(c2cccc(N)c2)CC1. The summed E-state index contributed by atoms with van der Waals surface area (Å²) in [7, 11) is 0. The lowest BCUT2D eigenvalue weighted by atomic mass is 10.0. The second-order valence-electron chi connectivity index (χ2n) is 5.57. The zero-order chi connectivity index (χ0) is 13.7. The number of hydrogen-bond acceptors (Lipinski definition) is 3. The van der Waals surface area contributed by atoms with Crippen molar-refractivity contribution in [2.75, 3.05) is 43.4 Å². The van der Waals surface area contributed by atoms with Gasteiger partial charge in [-0.15, -0.1) is 0 Å². The number of anilines is 2. The molecule has 1 fully saturated rings. The molecule has 0 saturated carbocycles. The number of hydrogen-bond donors (Lipinski definition) is 1. The third-order valence-electron chi connectivity index (χ3n) is 4.28. The molecule has 1 aliphatic rings. The maximum atomic E-state index is 5.86. The van der Waals surface area contributed by atoms with Crippen molar-refractivity contribution in [3.05, 3.63) is 24.3 Å². The molecule has 0 aliphatic carbocycles. The van der Waals surface area contributed by atoms with Crippen molar-refractivity contribution in [2.45, 2.75) is 26.7 Å². The fourth-order valence-electron chi connectivity index (χ4n) is 2.82. The molecule has 1 aromatic carbocycles. The van der Waals surface area contributed by atoms with Crippen molar-refractivity contribution >= 4 is 11.4 Å². The highest BCUT2D eigenvalue weighted by Gasteiger charge is 2.19. The number of nitrogen functional groups attached to an aromatic ring is 1. The van der Waals surface area contributed by atoms with Crippen LogP contribution in [0.3, 0.4) is 0 Å². The Bertz CT molecular complexity index is 379. The summed E-state index contributed by atoms with van der Waals surface area (Å²) >= 11 is 0. The minimum Gasteiger partial charge on any atom is -0.399 e. The molecule has 1 aromatic rings. The Balaban J connectivity index is 1.85. The molecule has 0 amide bonds. The monoisotopic (exact) mass is 261 g/mol. The number of piperazine rings is 1. The third kappa shape index (κ3) is 3.87. The topological polar surface area (TPSA) is 32.5 Å². The Kier molecular flexibility index (Phi) is 5.08. The van der Waals surface area contributed by atoms with E-state index >= 15 is 0 Å². The highest BCUT2D eigenvalue weighted by molar-refractivity contribution is 5.56. The summed E-state index contributed by atoms with van der Waals surface area (Å²) in [6.07, 6.45) is 2.60. The maximum absolute atomic E-state index is 5.86. The summed E-state index contributed by atoms with van der Waals surface area (Å²) in [5.74, 6) is 0.860. The fourth-order valence-corrected chi connectivity index (χ4v) is 2.82. The number of nitrogens with zero attached hydrogens (tertiary/aromatic N) is 2. The highest BCUT2D eigenvalue weighted by Crippen LogP contribution is 2.20. The molecule has 106 valence electrons. The van der Waals surface area contributed by atoms with Crippen molar-refractivity contribution < 1.29 is 0 Å². The van der Waals surface area contributed by atoms with Gasteiger partial charge in [0, 0.05) is 44.1 Å². The molecule has 19 heavy (non-hydrogen) atoms. The number of benzene rings is 1. The van der Waals surface area contributed by atoms with Gasteiger partial charge in [-0.25, -0.2) is 0 Å². The lowest BCUT2D eigenvalue weighted by Gasteiger charge is -2.37. The second-order valence-corrected chi connectivity index (χ2v) is 5.57. The zero-order valence-electron chi connectivity index (χ0n) is 12.3. The fraction of sp³-hybridized carbons (Fsp3) is 0.625. The van der Waals surface area contributed by atoms with Crippen molar-refractivity contribution in [3.63, 3.8) is 0 Å². The first-order valence-electron chi connectivity index (χ1n) is 7.55. The molecule has 2 rings (SSSR count). The lowest BCUT2D eigenvalue weighted by Crippen LogP contribution is -2.47. The molecule has 0 bridgehead atoms. The highest BCUT2D eigenvalue weighted by atomic mass is 15.3. The van der Waals surface area contributed by atoms with Crippen molar-refractivity contribution in [2.24, 2.45) is 5.92 Å². The molecule has 1 heterocycles. The van der Waals surface area contributed by atoms with Crippen LogP contribution in [0.2, 0.25) is 0 Å². The van der Waals surface area contributed by atoms with Gasteiger partial charge in [0.05, 0.1) is 0 Å². The molecule has 0 spiro atoms. The average Bonchev–Trinajstić information content (AvgIpc) is 2.45. The van der Waals surface area contributed by atoms with Gasteiger partial charge in [-0.1, -0.05) is 32.8 Å². The average molecular weight is 261 g/mol. The van der Waals surface area contributed by atoms with Crippen LogP contribution in [0.25, 0.3) is 0 Å². The Morgan fingerprint density at radius 1 is 1.11 bits per heavy atom. The van der Waals surface area contributed by atoms with E-state index in [1.807, 2.05) is 12.1 Å². The van der Waals surface area contributed by atoms with Gasteiger partial charge < -0.3 is 10.6 Å². The van der Waals surface area contributed by atoms with E-state index < -0.39 is 0 Å². The summed E-state index contributed by atoms with van der Waals surface area (Å²) in [5, 5.41) is 0. The van der Waals surface area contributed by atoms with E-state index in [1.165, 1.54) is 38.2 Å². The lowest BCUT2D eigenvalue weighted by molar-refractivity contribution is 0.212. The van der Waals surface area contributed by atoms with Crippen LogP contribution in [0, 0.1) is 5.92 Å². The second kappa shape index (κ2) is 6.80. The molecular weight excluding hydrogens is 234 g/mol. The van der Waals surface area contributed by atoms with Crippen LogP contribution in [0.15, 0.2) is 24.3 Å². The van der Waals surface area contributed by atoms with E-state index in [1.54, 1.807) is 0 Å². The standard InChI is InChI=1S/C16H27N3/c1-3-14(4-2)13-18-8-10-19(11-9-18)16-7-5-6-15(17)12-16/h5-7,12,14H,3-4,8-11,13,17H2,1-2H3. The first kappa shape index (κ1) is 14.2. The summed E-state index contributed by atoms with van der Waals surface area (Å²) in [6, 6.07) is 8.23. The quantitative estimate of drug-likeness (QED) is 0.827. The van der Waals surface area contributed by atoms with E-state index in [9.17, 15) is 0 Å². The smallest absolute Gasteiger partial charge is 0.0387 e. The molecule has 3 heteroatoms. The van der Waals surface area contributed by atoms with Crippen LogP contribution in [0.1, 0.15) is 26.7 Å². The van der Waals surface area contributed by atoms with Crippen molar-refractivity contribution in [3.8, 4) is 0 Å². The largest absolute Gasteiger partial charge is 0.399 e. The van der Waals surface area contributed by atoms with Crippen LogP contribution in [-0.2, 0) is 0 Å². The molecule has 0 radical (unpaired) electrons. The first-order valence-corrected chi connectivity index (χ1v) is 7.55. The van der Waals surface area contributed by atoms with Crippen LogP contribution in [0.4, 0.5) is 11.4 Å². The van der Waals surface area contributed by atoms with Gasteiger partial charge in [0.2, 0.25) is 0 Å². The predicted molar refractivity (Wildman–Crippen MR) is 83.6 cm³/mol. The Morgan fingerprint density at radius 3 is 2.37 bits per heavy atom. The minimum absolute atomic E-state index is 0.858. The summed E-state index contributed by atoms with van der Waals surface area (Å²) in [4.78, 5) is 5.06. The molecule has 2 N–H and O–H groups in total. The van der Waals surface area contributed by atoms with Crippen LogP contribution in [0.5, 0.6) is 0 Å². The number of rotatable bonds is 5. The van der Waals surface area contributed by atoms with E-state index in [0.717, 1.165) is 24.7 Å². The molecule has 0 aromatic heterocycles. The number of nitrogens with two attached hydrogens (primary N) is 1. The van der Waals surface area contributed by atoms with E-state index in [-0.39, 0.29) is 0 Å². The van der Waals surface area contributed by atoms with Crippen LogP contribution >= 0.6 is 0 Å². The van der Waals surface area contributed by atoms with Gasteiger partial charge in [0.1, 0.15) is 0 Å². The first-order chi connectivity index (χ1) is 9.22. The Hall–Kier alpha value is -1.22. The van der Waals surface area contributed by atoms with Crippen molar-refractivity contribution in [1.29, 1.82) is 0 Å². The van der Waals surface area contributed by atoms with Crippen LogP contribution in [-0.4, -0.2) is 37.6 Å². The molecule has 1 saturated heterocycles. The Labute approximate surface area is 117 Å². The minimum atomic E-state index is 0.858. The van der Waals surface area contributed by atoms with Gasteiger partial charge in [-0.3, -0.25) is 4.90 Å². The molecule has 0 unspecified atom stereocenters. The van der Waals surface area contributed by atoms with Gasteiger partial charge in [-0.05, 0) is 24.1 Å². The van der Waals surface area contributed by atoms with Crippen molar-refractivity contribution in [1.82, 2.24) is 4.90 Å². The zero-order valence-corrected chi connectivity index (χ0v) is 12.3. The normalized spacial score (nSPS) is 17.1. The molecule has 0 atom stereocenters. The van der Waals surface area contributed by atoms with Gasteiger partial charge in [0.25, 0.3) is 0 Å². The molecule has 3 nitrogen and oxygen atoms in total. The summed E-state index contributed by atoms with van der Waals surface area (Å²) < 4.78 is 0. The van der Waals surface area contributed by atoms with Gasteiger partial charge in [-0.2, -0.15) is 0 Å². The molecular formula is C16H27N3. The maximum Gasteiger partial charge on any atom is 0.0387 e. The predicted octanol–water partition coefficient (Wildman–Crippen LogP) is 2.83. The molecule has 1 aliphatic heterocycles. The van der Waals surface area contributed by atoms with E-state index in [2.05, 4.69) is 35.8 Å². The summed E-state index contributed by atoms with van der Waals surface area (Å²) in [5.41, 5.74) is 7.98. The third-order valence-corrected chi connectivity index (χ3v) is 4.28. The van der Waals surface area contributed by atoms with E-state index in [4.69, 9.17) is 5.73 Å². The van der Waals surface area contributed by atoms with Gasteiger partial charge >= 0.3 is 0 Å². The Morgan fingerprint density at radius 2 is 1.79 bits per heavy atom.